The molecule has 19 heavy (non-hydrogen) atoms. The molecule has 0 aliphatic heterocycles. The fourth-order valence-corrected chi connectivity index (χ4v) is 2.65. The van der Waals surface area contributed by atoms with Gasteiger partial charge >= 0.3 is 0 Å². The van der Waals surface area contributed by atoms with Crippen LogP contribution >= 0.6 is 27.5 Å². The van der Waals surface area contributed by atoms with E-state index in [1.165, 1.54) is 6.07 Å². The van der Waals surface area contributed by atoms with Crippen molar-refractivity contribution in [3.05, 3.63) is 64.4 Å². The zero-order valence-electron chi connectivity index (χ0n) is 10.5. The molecule has 2 aromatic carbocycles. The van der Waals surface area contributed by atoms with Crippen molar-refractivity contribution >= 4 is 33.2 Å². The van der Waals surface area contributed by atoms with Crippen molar-refractivity contribution in [3.63, 3.8) is 0 Å². The first kappa shape index (κ1) is 14.4. The summed E-state index contributed by atoms with van der Waals surface area (Å²) in [5, 5.41) is 1.37. The topological polar surface area (TPSA) is 3.24 Å². The molecule has 0 radical (unpaired) electrons. The second kappa shape index (κ2) is 6.40. The quantitative estimate of drug-likeness (QED) is 0.706. The van der Waals surface area contributed by atoms with Crippen molar-refractivity contribution in [2.45, 2.75) is 11.9 Å². The fourth-order valence-electron chi connectivity index (χ4n) is 2.00. The maximum Gasteiger partial charge on any atom is 0.123 e. The molecule has 0 fully saturated rings. The number of hydrogen-bond acceptors (Lipinski definition) is 1. The van der Waals surface area contributed by atoms with Gasteiger partial charge in [0.1, 0.15) is 5.82 Å². The number of halogens is 3. The van der Waals surface area contributed by atoms with Gasteiger partial charge in [-0.1, -0.05) is 45.7 Å². The van der Waals surface area contributed by atoms with Crippen LogP contribution < -0.4 is 4.90 Å². The van der Waals surface area contributed by atoms with E-state index in [-0.39, 0.29) is 5.82 Å². The van der Waals surface area contributed by atoms with Gasteiger partial charge < -0.3 is 4.90 Å². The Morgan fingerprint density at radius 1 is 1.16 bits per heavy atom. The SMILES string of the molecule is CN(Cc1ccccc1Cl)c1ccc(F)cc1CBr. The summed E-state index contributed by atoms with van der Waals surface area (Å²) >= 11 is 9.55. The third kappa shape index (κ3) is 3.48. The van der Waals surface area contributed by atoms with Crippen molar-refractivity contribution < 1.29 is 4.39 Å². The molecule has 0 saturated heterocycles. The van der Waals surface area contributed by atoms with Gasteiger partial charge in [-0.15, -0.1) is 0 Å². The summed E-state index contributed by atoms with van der Waals surface area (Å²) in [5.74, 6) is -0.218. The minimum Gasteiger partial charge on any atom is -0.370 e. The second-order valence-corrected chi connectivity index (χ2v) is 5.32. The third-order valence-corrected chi connectivity index (χ3v) is 3.93. The van der Waals surface area contributed by atoms with Gasteiger partial charge in [0.2, 0.25) is 0 Å². The molecule has 0 spiro atoms. The van der Waals surface area contributed by atoms with E-state index in [1.807, 2.05) is 31.3 Å². The number of alkyl halides is 1. The lowest BCUT2D eigenvalue weighted by Gasteiger charge is -2.22. The van der Waals surface area contributed by atoms with E-state index in [4.69, 9.17) is 11.6 Å². The molecule has 0 aromatic heterocycles. The zero-order valence-corrected chi connectivity index (χ0v) is 12.9. The molecular weight excluding hydrogens is 329 g/mol. The molecular formula is C15H14BrClFN. The molecule has 0 aliphatic carbocycles. The normalized spacial score (nSPS) is 10.5. The Labute approximate surface area is 126 Å². The second-order valence-electron chi connectivity index (χ2n) is 4.35. The molecule has 0 amide bonds. The monoisotopic (exact) mass is 341 g/mol. The highest BCUT2D eigenvalue weighted by Gasteiger charge is 2.10. The van der Waals surface area contributed by atoms with E-state index < -0.39 is 0 Å². The van der Waals surface area contributed by atoms with Gasteiger partial charge in [0, 0.05) is 29.6 Å². The summed E-state index contributed by atoms with van der Waals surface area (Å²) in [7, 11) is 1.97. The van der Waals surface area contributed by atoms with E-state index in [2.05, 4.69) is 20.8 Å². The Kier molecular flexibility index (Phi) is 4.83. The lowest BCUT2D eigenvalue weighted by Crippen LogP contribution is -2.18. The molecule has 1 nitrogen and oxygen atoms in total. The molecule has 4 heteroatoms. The number of rotatable bonds is 4. The Morgan fingerprint density at radius 3 is 2.58 bits per heavy atom. The molecule has 0 aliphatic rings. The van der Waals surface area contributed by atoms with Gasteiger partial charge in [-0.25, -0.2) is 4.39 Å². The number of anilines is 1. The average molecular weight is 343 g/mol. The van der Waals surface area contributed by atoms with Crippen molar-refractivity contribution in [2.75, 3.05) is 11.9 Å². The van der Waals surface area contributed by atoms with E-state index >= 15 is 0 Å². The van der Waals surface area contributed by atoms with Crippen molar-refractivity contribution in [3.8, 4) is 0 Å². The van der Waals surface area contributed by atoms with Gasteiger partial charge in [-0.2, -0.15) is 0 Å². The Morgan fingerprint density at radius 2 is 1.89 bits per heavy atom. The molecule has 0 heterocycles. The number of hydrogen-bond donors (Lipinski definition) is 0. The summed E-state index contributed by atoms with van der Waals surface area (Å²) in [6, 6.07) is 12.6. The first-order valence-electron chi connectivity index (χ1n) is 5.90. The molecule has 0 bridgehead atoms. The lowest BCUT2D eigenvalue weighted by molar-refractivity contribution is 0.626. The van der Waals surface area contributed by atoms with Gasteiger partial charge in [0.15, 0.2) is 0 Å². The van der Waals surface area contributed by atoms with Crippen LogP contribution in [0.2, 0.25) is 5.02 Å². The standard InChI is InChI=1S/C15H14BrClFN/c1-19(10-11-4-2-3-5-14(11)17)15-7-6-13(18)8-12(15)9-16/h2-8H,9-10H2,1H3. The molecule has 100 valence electrons. The Hall–Kier alpha value is -1.06. The van der Waals surface area contributed by atoms with Gasteiger partial charge in [-0.05, 0) is 35.4 Å². The highest BCUT2D eigenvalue weighted by atomic mass is 79.9. The van der Waals surface area contributed by atoms with Crippen LogP contribution in [0.15, 0.2) is 42.5 Å². The van der Waals surface area contributed by atoms with Crippen LogP contribution in [-0.4, -0.2) is 7.05 Å². The maximum absolute atomic E-state index is 13.2. The van der Waals surface area contributed by atoms with Crippen LogP contribution in [0.3, 0.4) is 0 Å². The van der Waals surface area contributed by atoms with Gasteiger partial charge in [0.05, 0.1) is 0 Å². The van der Waals surface area contributed by atoms with E-state index in [1.54, 1.807) is 12.1 Å². The highest BCUT2D eigenvalue weighted by Crippen LogP contribution is 2.26. The highest BCUT2D eigenvalue weighted by molar-refractivity contribution is 9.08. The maximum atomic E-state index is 13.2. The largest absolute Gasteiger partial charge is 0.370 e. The van der Waals surface area contributed by atoms with Gasteiger partial charge in [-0.3, -0.25) is 0 Å². The average Bonchev–Trinajstić information content (AvgIpc) is 2.41. The van der Waals surface area contributed by atoms with Crippen LogP contribution in [0.1, 0.15) is 11.1 Å². The number of nitrogens with zero attached hydrogens (tertiary/aromatic N) is 1. The van der Waals surface area contributed by atoms with Crippen molar-refractivity contribution in [1.29, 1.82) is 0 Å². The molecule has 2 rings (SSSR count). The summed E-state index contributed by atoms with van der Waals surface area (Å²) in [4.78, 5) is 2.07. The van der Waals surface area contributed by atoms with Crippen LogP contribution in [-0.2, 0) is 11.9 Å². The molecule has 0 saturated carbocycles. The first-order chi connectivity index (χ1) is 9.11. The zero-order chi connectivity index (χ0) is 13.8. The van der Waals surface area contributed by atoms with Crippen LogP contribution in [0.25, 0.3) is 0 Å². The first-order valence-corrected chi connectivity index (χ1v) is 7.40. The Bertz CT molecular complexity index is 574. The van der Waals surface area contributed by atoms with E-state index in [9.17, 15) is 4.39 Å². The molecule has 0 N–H and O–H groups in total. The minimum atomic E-state index is -0.218. The third-order valence-electron chi connectivity index (χ3n) is 2.96. The number of benzene rings is 2. The molecule has 0 atom stereocenters. The predicted molar refractivity (Wildman–Crippen MR) is 82.6 cm³/mol. The molecule has 0 unspecified atom stereocenters. The van der Waals surface area contributed by atoms with Crippen molar-refractivity contribution in [2.24, 2.45) is 0 Å². The lowest BCUT2D eigenvalue weighted by atomic mass is 10.1. The summed E-state index contributed by atoms with van der Waals surface area (Å²) in [6.07, 6.45) is 0. The predicted octanol–water partition coefficient (Wildman–Crippen LogP) is 5.01. The van der Waals surface area contributed by atoms with Crippen LogP contribution in [0.4, 0.5) is 10.1 Å². The smallest absolute Gasteiger partial charge is 0.123 e. The summed E-state index contributed by atoms with van der Waals surface area (Å²) in [6.45, 7) is 0.686. The van der Waals surface area contributed by atoms with Gasteiger partial charge in [0.25, 0.3) is 0 Å². The summed E-state index contributed by atoms with van der Waals surface area (Å²) < 4.78 is 13.2. The van der Waals surface area contributed by atoms with Crippen LogP contribution in [0.5, 0.6) is 0 Å². The van der Waals surface area contributed by atoms with E-state index in [0.717, 1.165) is 21.8 Å². The minimum absolute atomic E-state index is 0.218. The summed E-state index contributed by atoms with van der Waals surface area (Å²) in [5.41, 5.74) is 2.98. The van der Waals surface area contributed by atoms with Crippen molar-refractivity contribution in [1.82, 2.24) is 0 Å². The fraction of sp³-hybridized carbons (Fsp3) is 0.200. The Balaban J connectivity index is 2.25. The van der Waals surface area contributed by atoms with Crippen LogP contribution in [0, 0.1) is 5.82 Å². The van der Waals surface area contributed by atoms with E-state index in [0.29, 0.717) is 11.9 Å². The molecule has 2 aromatic rings.